The fraction of sp³-hybridized carbons (Fsp3) is 0.222. The molecule has 0 bridgehead atoms. The van der Waals surface area contributed by atoms with Crippen LogP contribution < -0.4 is 10.0 Å². The second kappa shape index (κ2) is 9.12. The molecule has 2 rings (SSSR count). The fourth-order valence-corrected chi connectivity index (χ4v) is 3.80. The Hall–Kier alpha value is -2.23. The van der Waals surface area contributed by atoms with Crippen molar-refractivity contribution in [1.29, 1.82) is 0 Å². The van der Waals surface area contributed by atoms with Gasteiger partial charge in [-0.05, 0) is 46.3 Å². The van der Waals surface area contributed by atoms with E-state index in [4.69, 9.17) is 0 Å². The number of anilines is 1. The number of nitrogens with zero attached hydrogens (tertiary/aromatic N) is 1. The number of para-hydroxylation sites is 1. The Labute approximate surface area is 166 Å². The van der Waals surface area contributed by atoms with Gasteiger partial charge in [0.15, 0.2) is 0 Å². The van der Waals surface area contributed by atoms with Crippen molar-refractivity contribution in [2.24, 2.45) is 0 Å². The fourth-order valence-electron chi connectivity index (χ4n) is 2.33. The third-order valence-corrected chi connectivity index (χ3v) is 5.84. The van der Waals surface area contributed by atoms with Crippen LogP contribution in [0.1, 0.15) is 17.3 Å². The number of sulfonamides is 1. The van der Waals surface area contributed by atoms with Crippen molar-refractivity contribution in [2.45, 2.75) is 11.8 Å². The number of rotatable bonds is 7. The molecular weight excluding hydrogens is 434 g/mol. The number of nitrogens with one attached hydrogen (secondary N) is 2. The lowest BCUT2D eigenvalue weighted by atomic mass is 10.2. The second-order valence-corrected chi connectivity index (χ2v) is 8.34. The molecule has 27 heavy (non-hydrogen) atoms. The molecule has 0 aromatic heterocycles. The van der Waals surface area contributed by atoms with Crippen molar-refractivity contribution in [3.05, 3.63) is 58.6 Å². The van der Waals surface area contributed by atoms with E-state index < -0.39 is 15.9 Å². The van der Waals surface area contributed by atoms with Crippen LogP contribution in [0.2, 0.25) is 0 Å². The highest BCUT2D eigenvalue weighted by molar-refractivity contribution is 9.10. The lowest BCUT2D eigenvalue weighted by Gasteiger charge is -2.17. The normalized spacial score (nSPS) is 11.1. The Morgan fingerprint density at radius 1 is 1.11 bits per heavy atom. The monoisotopic (exact) mass is 453 g/mol. The van der Waals surface area contributed by atoms with Gasteiger partial charge in [0.05, 0.1) is 17.1 Å². The minimum Gasteiger partial charge on any atom is -0.332 e. The van der Waals surface area contributed by atoms with Crippen molar-refractivity contribution in [1.82, 2.24) is 9.62 Å². The van der Waals surface area contributed by atoms with Gasteiger partial charge >= 0.3 is 0 Å². The van der Waals surface area contributed by atoms with Crippen LogP contribution in [0, 0.1) is 0 Å². The van der Waals surface area contributed by atoms with Crippen LogP contribution in [0.4, 0.5) is 5.69 Å². The Kier molecular flexibility index (Phi) is 7.11. The van der Waals surface area contributed by atoms with Gasteiger partial charge in [0.1, 0.15) is 0 Å². The van der Waals surface area contributed by atoms with Gasteiger partial charge < -0.3 is 10.2 Å². The molecule has 0 fully saturated rings. The molecule has 9 heteroatoms. The summed E-state index contributed by atoms with van der Waals surface area (Å²) in [5.74, 6) is -0.819. The van der Waals surface area contributed by atoms with E-state index in [-0.39, 0.29) is 29.5 Å². The van der Waals surface area contributed by atoms with Gasteiger partial charge in [0, 0.05) is 23.6 Å². The maximum Gasteiger partial charge on any atom is 0.254 e. The third kappa shape index (κ3) is 5.62. The van der Waals surface area contributed by atoms with E-state index in [0.717, 1.165) is 4.47 Å². The predicted octanol–water partition coefficient (Wildman–Crippen LogP) is 2.46. The molecule has 0 saturated carbocycles. The van der Waals surface area contributed by atoms with Crippen molar-refractivity contribution in [3.63, 3.8) is 0 Å². The molecule has 0 aliphatic carbocycles. The van der Waals surface area contributed by atoms with Crippen LogP contribution in [0.15, 0.2) is 57.9 Å². The zero-order valence-electron chi connectivity index (χ0n) is 14.9. The molecule has 0 heterocycles. The van der Waals surface area contributed by atoms with Gasteiger partial charge in [-0.15, -0.1) is 0 Å². The van der Waals surface area contributed by atoms with Crippen LogP contribution in [-0.4, -0.2) is 45.3 Å². The van der Waals surface area contributed by atoms with E-state index >= 15 is 0 Å². The van der Waals surface area contributed by atoms with E-state index in [1.165, 1.54) is 36.2 Å². The van der Waals surface area contributed by atoms with Crippen LogP contribution in [0.25, 0.3) is 0 Å². The average Bonchev–Trinajstić information content (AvgIpc) is 2.63. The zero-order valence-corrected chi connectivity index (χ0v) is 17.3. The van der Waals surface area contributed by atoms with E-state index in [1.54, 1.807) is 25.1 Å². The first-order valence-corrected chi connectivity index (χ1v) is 10.4. The number of hydrogen-bond donors (Lipinski definition) is 2. The van der Waals surface area contributed by atoms with Crippen LogP contribution in [0.3, 0.4) is 0 Å². The first-order chi connectivity index (χ1) is 12.7. The van der Waals surface area contributed by atoms with E-state index in [1.807, 2.05) is 6.07 Å². The van der Waals surface area contributed by atoms with Crippen molar-refractivity contribution in [3.8, 4) is 0 Å². The van der Waals surface area contributed by atoms with Gasteiger partial charge in [-0.25, -0.2) is 13.1 Å². The quantitative estimate of drug-likeness (QED) is 0.672. The summed E-state index contributed by atoms with van der Waals surface area (Å²) in [6.07, 6.45) is 0. The molecule has 0 aliphatic heterocycles. The highest BCUT2D eigenvalue weighted by Crippen LogP contribution is 2.21. The van der Waals surface area contributed by atoms with Crippen molar-refractivity contribution in [2.75, 3.05) is 25.5 Å². The summed E-state index contributed by atoms with van der Waals surface area (Å²) in [6, 6.07) is 12.8. The molecule has 0 saturated heterocycles. The number of carbonyl (C=O) groups is 2. The molecule has 0 unspecified atom stereocenters. The summed E-state index contributed by atoms with van der Waals surface area (Å²) in [5, 5.41) is 2.71. The summed E-state index contributed by atoms with van der Waals surface area (Å²) >= 11 is 3.34. The molecule has 0 atom stereocenters. The first-order valence-electron chi connectivity index (χ1n) is 8.14. The summed E-state index contributed by atoms with van der Waals surface area (Å²) in [6.45, 7) is 1.74. The number of carbonyl (C=O) groups excluding carboxylic acids is 2. The Morgan fingerprint density at radius 2 is 1.81 bits per heavy atom. The summed E-state index contributed by atoms with van der Waals surface area (Å²) in [4.78, 5) is 26.0. The maximum absolute atomic E-state index is 12.6. The zero-order chi connectivity index (χ0) is 20.0. The Morgan fingerprint density at radius 3 is 2.48 bits per heavy atom. The molecule has 2 aromatic carbocycles. The minimum absolute atomic E-state index is 0.00117. The van der Waals surface area contributed by atoms with Crippen molar-refractivity contribution >= 4 is 43.5 Å². The topological polar surface area (TPSA) is 95.6 Å². The molecular formula is C18H20BrN3O4S. The minimum atomic E-state index is -3.67. The predicted molar refractivity (Wildman–Crippen MR) is 107 cm³/mol. The molecule has 2 N–H and O–H groups in total. The summed E-state index contributed by atoms with van der Waals surface area (Å²) < 4.78 is 27.3. The number of benzene rings is 2. The number of amides is 2. The van der Waals surface area contributed by atoms with Crippen molar-refractivity contribution < 1.29 is 18.0 Å². The Bertz CT molecular complexity index is 947. The third-order valence-electron chi connectivity index (χ3n) is 3.60. The number of likely N-dealkylation sites (N-methyl/N-ethyl adjacent to an activating group) is 1. The Balaban J connectivity index is 2.09. The molecule has 2 aromatic rings. The van der Waals surface area contributed by atoms with Gasteiger partial charge in [-0.3, -0.25) is 9.59 Å². The first kappa shape index (κ1) is 21.1. The van der Waals surface area contributed by atoms with Gasteiger partial charge in [-0.1, -0.05) is 25.1 Å². The van der Waals surface area contributed by atoms with Crippen LogP contribution >= 0.6 is 15.9 Å². The molecule has 0 spiro atoms. The average molecular weight is 454 g/mol. The summed E-state index contributed by atoms with van der Waals surface area (Å²) in [7, 11) is -2.19. The highest BCUT2D eigenvalue weighted by Gasteiger charge is 2.19. The van der Waals surface area contributed by atoms with E-state index in [0.29, 0.717) is 5.69 Å². The molecule has 144 valence electrons. The number of hydrogen-bond acceptors (Lipinski definition) is 4. The lowest BCUT2D eigenvalue weighted by molar-refractivity contribution is -0.116. The maximum atomic E-state index is 12.6. The van der Waals surface area contributed by atoms with E-state index in [9.17, 15) is 18.0 Å². The molecule has 7 nitrogen and oxygen atoms in total. The van der Waals surface area contributed by atoms with E-state index in [2.05, 4.69) is 26.0 Å². The number of halogens is 1. The summed E-state index contributed by atoms with van der Waals surface area (Å²) in [5.41, 5.74) is 0.784. The standard InChI is InChI=1S/C18H20BrN3O4S/c1-3-20-27(25,26)14-8-6-7-13(11-14)18(24)22(2)12-17(23)21-16-10-5-4-9-15(16)19/h4-11,20H,3,12H2,1-2H3,(H,21,23). The molecule has 2 amide bonds. The highest BCUT2D eigenvalue weighted by atomic mass is 79.9. The van der Waals surface area contributed by atoms with Gasteiger partial charge in [0.25, 0.3) is 5.91 Å². The van der Waals surface area contributed by atoms with Crippen LogP contribution in [0.5, 0.6) is 0 Å². The molecule has 0 aliphatic rings. The van der Waals surface area contributed by atoms with Crippen LogP contribution in [-0.2, 0) is 14.8 Å². The van der Waals surface area contributed by atoms with Gasteiger partial charge in [-0.2, -0.15) is 0 Å². The SMILES string of the molecule is CCNS(=O)(=O)c1cccc(C(=O)N(C)CC(=O)Nc2ccccc2Br)c1. The molecule has 0 radical (unpaired) electrons. The second-order valence-electron chi connectivity index (χ2n) is 5.72. The largest absolute Gasteiger partial charge is 0.332 e. The lowest BCUT2D eigenvalue weighted by Crippen LogP contribution is -2.35. The van der Waals surface area contributed by atoms with Gasteiger partial charge in [0.2, 0.25) is 15.9 Å². The smallest absolute Gasteiger partial charge is 0.254 e.